The van der Waals surface area contributed by atoms with E-state index in [1.165, 1.54) is 16.3 Å². The number of carbonyl (C=O) groups excluding carboxylic acids is 1. The lowest BCUT2D eigenvalue weighted by atomic mass is 10.1. The third kappa shape index (κ3) is 4.21. The van der Waals surface area contributed by atoms with Crippen LogP contribution in [0.15, 0.2) is 24.3 Å². The number of nitrogens with zero attached hydrogens (tertiary/aromatic N) is 3. The number of sulfonamides is 1. The lowest BCUT2D eigenvalue weighted by Crippen LogP contribution is -2.49. The monoisotopic (exact) mass is 445 g/mol. The molecule has 2 aromatic rings. The summed E-state index contributed by atoms with van der Waals surface area (Å²) in [5.41, 5.74) is 8.55. The van der Waals surface area contributed by atoms with Crippen LogP contribution >= 0.6 is 0 Å². The number of amides is 1. The molecule has 0 radical (unpaired) electrons. The molecule has 4 rings (SSSR count). The highest BCUT2D eigenvalue weighted by molar-refractivity contribution is 7.88. The average molecular weight is 446 g/mol. The third-order valence-electron chi connectivity index (χ3n) is 6.76. The molecule has 3 heterocycles. The number of aryl methyl sites for hydroxylation is 2. The van der Waals surface area contributed by atoms with Crippen molar-refractivity contribution in [2.45, 2.75) is 50.6 Å². The van der Waals surface area contributed by atoms with Crippen LogP contribution in [0.5, 0.6) is 0 Å². The number of carbonyl (C=O) groups is 1. The van der Waals surface area contributed by atoms with E-state index in [0.29, 0.717) is 25.1 Å². The number of likely N-dealkylation sites (tertiary alicyclic amines) is 1. The summed E-state index contributed by atoms with van der Waals surface area (Å²) in [6.07, 6.45) is 6.13. The topological polar surface area (TPSA) is 112 Å². The van der Waals surface area contributed by atoms with Gasteiger partial charge in [-0.15, -0.1) is 0 Å². The predicted octanol–water partition coefficient (Wildman–Crippen LogP) is 1.81. The Morgan fingerprint density at radius 2 is 1.94 bits per heavy atom. The van der Waals surface area contributed by atoms with Gasteiger partial charge >= 0.3 is 0 Å². The Morgan fingerprint density at radius 1 is 1.19 bits per heavy atom. The minimum Gasteiger partial charge on any atom is -0.384 e. The van der Waals surface area contributed by atoms with Gasteiger partial charge in [0, 0.05) is 43.0 Å². The van der Waals surface area contributed by atoms with Gasteiger partial charge in [-0.05, 0) is 56.0 Å². The summed E-state index contributed by atoms with van der Waals surface area (Å²) in [6, 6.07) is 7.54. The molecule has 3 N–H and O–H groups in total. The van der Waals surface area contributed by atoms with Gasteiger partial charge < -0.3 is 15.2 Å². The highest BCUT2D eigenvalue weighted by atomic mass is 32.2. The summed E-state index contributed by atoms with van der Waals surface area (Å²) in [6.45, 7) is 1.14. The maximum atomic E-state index is 13.2. The van der Waals surface area contributed by atoms with Crippen molar-refractivity contribution in [1.29, 1.82) is 5.41 Å². The molecule has 0 spiro atoms. The average Bonchev–Trinajstić information content (AvgIpc) is 3.44. The molecule has 0 unspecified atom stereocenters. The van der Waals surface area contributed by atoms with Crippen molar-refractivity contribution < 1.29 is 13.2 Å². The van der Waals surface area contributed by atoms with Crippen molar-refractivity contribution in [2.24, 2.45) is 12.8 Å². The summed E-state index contributed by atoms with van der Waals surface area (Å²) in [5.74, 6) is 0.0216. The second-order valence-corrected chi connectivity index (χ2v) is 10.7. The molecule has 9 heteroatoms. The number of nitrogens with two attached hydrogens (primary N) is 1. The van der Waals surface area contributed by atoms with E-state index in [0.717, 1.165) is 43.0 Å². The SMILES string of the molecule is Cn1c(CC[C@@H]2CCCN2C(=O)[C@H]2CCCN2S(C)(=O)=O)cc2ccc(C(=N)N)cc21. The zero-order chi connectivity index (χ0) is 22.3. The van der Waals surface area contributed by atoms with Gasteiger partial charge in [-0.25, -0.2) is 8.42 Å². The highest BCUT2D eigenvalue weighted by Crippen LogP contribution is 2.29. The van der Waals surface area contributed by atoms with Crippen LogP contribution in [0, 0.1) is 5.41 Å². The molecule has 0 aliphatic carbocycles. The minimum atomic E-state index is -3.37. The Balaban J connectivity index is 1.48. The summed E-state index contributed by atoms with van der Waals surface area (Å²) < 4.78 is 27.7. The number of nitrogen functional groups attached to an aromatic ring is 1. The van der Waals surface area contributed by atoms with Crippen LogP contribution in [0.4, 0.5) is 0 Å². The predicted molar refractivity (Wildman–Crippen MR) is 122 cm³/mol. The quantitative estimate of drug-likeness (QED) is 0.521. The first kappa shape index (κ1) is 21.8. The Bertz CT molecular complexity index is 1120. The van der Waals surface area contributed by atoms with E-state index in [1.54, 1.807) is 0 Å². The van der Waals surface area contributed by atoms with E-state index in [1.807, 2.05) is 30.1 Å². The number of amidine groups is 1. The summed E-state index contributed by atoms with van der Waals surface area (Å²) in [7, 11) is -1.36. The van der Waals surface area contributed by atoms with Gasteiger partial charge in [0.15, 0.2) is 0 Å². The molecular formula is C22H31N5O3S. The number of nitrogens with one attached hydrogen (secondary N) is 1. The smallest absolute Gasteiger partial charge is 0.241 e. The number of aromatic nitrogens is 1. The van der Waals surface area contributed by atoms with Crippen LogP contribution in [0.3, 0.4) is 0 Å². The molecule has 0 saturated carbocycles. The number of rotatable bonds is 6. The number of fused-ring (bicyclic) bond motifs is 1. The van der Waals surface area contributed by atoms with Crippen LogP contribution < -0.4 is 5.73 Å². The van der Waals surface area contributed by atoms with Gasteiger partial charge in [0.1, 0.15) is 11.9 Å². The highest BCUT2D eigenvalue weighted by Gasteiger charge is 2.41. The van der Waals surface area contributed by atoms with E-state index < -0.39 is 16.1 Å². The normalized spacial score (nSPS) is 22.5. The molecule has 1 amide bonds. The Morgan fingerprint density at radius 3 is 2.65 bits per heavy atom. The maximum Gasteiger partial charge on any atom is 0.241 e. The largest absolute Gasteiger partial charge is 0.384 e. The first-order valence-corrected chi connectivity index (χ1v) is 12.7. The van der Waals surface area contributed by atoms with Gasteiger partial charge in [0.05, 0.1) is 6.26 Å². The fourth-order valence-electron chi connectivity index (χ4n) is 5.11. The van der Waals surface area contributed by atoms with Gasteiger partial charge in [0.25, 0.3) is 0 Å². The second kappa shape index (κ2) is 8.27. The van der Waals surface area contributed by atoms with Crippen LogP contribution in [-0.4, -0.2) is 65.4 Å². The molecule has 1 aromatic carbocycles. The van der Waals surface area contributed by atoms with Gasteiger partial charge in [-0.1, -0.05) is 12.1 Å². The van der Waals surface area contributed by atoms with Gasteiger partial charge in [-0.3, -0.25) is 10.2 Å². The molecule has 2 aliphatic rings. The lowest BCUT2D eigenvalue weighted by molar-refractivity contribution is -0.135. The summed E-state index contributed by atoms with van der Waals surface area (Å²) in [4.78, 5) is 15.1. The standard InChI is InChI=1S/C22H31N5O3S/c1-25-18(13-15-7-8-16(21(23)24)14-20(15)25)10-9-17-5-3-11-26(17)22(28)19-6-4-12-27(19)31(2,29)30/h7-8,13-14,17,19H,3-6,9-12H2,1-2H3,(H3,23,24)/t17-,19+/m0/s1. The summed E-state index contributed by atoms with van der Waals surface area (Å²) in [5, 5.41) is 8.77. The van der Waals surface area contributed by atoms with Crippen molar-refractivity contribution in [1.82, 2.24) is 13.8 Å². The maximum absolute atomic E-state index is 13.2. The zero-order valence-corrected chi connectivity index (χ0v) is 19.0. The second-order valence-electron chi connectivity index (χ2n) is 8.78. The lowest BCUT2D eigenvalue weighted by Gasteiger charge is -2.30. The van der Waals surface area contributed by atoms with Crippen molar-refractivity contribution in [2.75, 3.05) is 19.3 Å². The van der Waals surface area contributed by atoms with Crippen molar-refractivity contribution in [3.63, 3.8) is 0 Å². The Kier molecular flexibility index (Phi) is 5.83. The van der Waals surface area contributed by atoms with E-state index in [2.05, 4.69) is 10.6 Å². The molecule has 2 saturated heterocycles. The Hall–Kier alpha value is -2.39. The van der Waals surface area contributed by atoms with Crippen molar-refractivity contribution in [3.8, 4) is 0 Å². The minimum absolute atomic E-state index is 0.0337. The summed E-state index contributed by atoms with van der Waals surface area (Å²) >= 11 is 0. The number of hydrogen-bond acceptors (Lipinski definition) is 4. The van der Waals surface area contributed by atoms with Crippen LogP contribution in [0.25, 0.3) is 10.9 Å². The zero-order valence-electron chi connectivity index (χ0n) is 18.2. The fraction of sp³-hybridized carbons (Fsp3) is 0.545. The number of hydrogen-bond donors (Lipinski definition) is 2. The Labute approximate surface area is 183 Å². The van der Waals surface area contributed by atoms with Crippen LogP contribution in [0.2, 0.25) is 0 Å². The molecule has 168 valence electrons. The molecule has 2 aliphatic heterocycles. The molecule has 2 atom stereocenters. The van der Waals surface area contributed by atoms with Gasteiger partial charge in [0.2, 0.25) is 15.9 Å². The molecule has 8 nitrogen and oxygen atoms in total. The van der Waals surface area contributed by atoms with E-state index in [9.17, 15) is 13.2 Å². The van der Waals surface area contributed by atoms with Crippen molar-refractivity contribution in [3.05, 3.63) is 35.5 Å². The first-order chi connectivity index (χ1) is 14.7. The van der Waals surface area contributed by atoms with Gasteiger partial charge in [-0.2, -0.15) is 4.31 Å². The molecule has 0 bridgehead atoms. The van der Waals surface area contributed by atoms with Crippen molar-refractivity contribution >= 4 is 32.7 Å². The first-order valence-electron chi connectivity index (χ1n) is 10.9. The third-order valence-corrected chi connectivity index (χ3v) is 8.05. The van der Waals surface area contributed by atoms with Crippen LogP contribution in [-0.2, 0) is 28.3 Å². The molecule has 2 fully saturated rings. The number of benzene rings is 1. The molecule has 1 aromatic heterocycles. The molecule has 31 heavy (non-hydrogen) atoms. The molecular weight excluding hydrogens is 414 g/mol. The van der Waals surface area contributed by atoms with E-state index in [4.69, 9.17) is 11.1 Å². The van der Waals surface area contributed by atoms with E-state index in [-0.39, 0.29) is 17.8 Å². The van der Waals surface area contributed by atoms with Crippen LogP contribution in [0.1, 0.15) is 43.4 Å². The van der Waals surface area contributed by atoms with E-state index >= 15 is 0 Å². The fourth-order valence-corrected chi connectivity index (χ4v) is 6.23.